The van der Waals surface area contributed by atoms with E-state index >= 15 is 0 Å². The monoisotopic (exact) mass is 324 g/mol. The Morgan fingerprint density at radius 2 is 1.71 bits per heavy atom. The summed E-state index contributed by atoms with van der Waals surface area (Å²) in [7, 11) is 0. The van der Waals surface area contributed by atoms with Crippen molar-refractivity contribution in [2.45, 2.75) is 34.2 Å². The number of hydrogen-bond acceptors (Lipinski definition) is 6. The number of nitrogen functional groups attached to an aromatic ring is 1. The van der Waals surface area contributed by atoms with Gasteiger partial charge >= 0.3 is 0 Å². The molecule has 8 nitrogen and oxygen atoms in total. The van der Waals surface area contributed by atoms with E-state index in [1.807, 2.05) is 49.1 Å². The lowest BCUT2D eigenvalue weighted by molar-refractivity contribution is 0.788. The maximum Gasteiger partial charge on any atom is 0.182 e. The molecule has 4 aromatic heterocycles. The van der Waals surface area contributed by atoms with Gasteiger partial charge in [0.1, 0.15) is 17.5 Å². The molecule has 0 atom stereocenters. The Morgan fingerprint density at radius 1 is 1.00 bits per heavy atom. The highest BCUT2D eigenvalue weighted by atomic mass is 15.1. The zero-order valence-corrected chi connectivity index (χ0v) is 14.2. The van der Waals surface area contributed by atoms with Gasteiger partial charge in [-0.1, -0.05) is 13.8 Å². The van der Waals surface area contributed by atoms with Crippen LogP contribution in [0.1, 0.15) is 30.9 Å². The number of hydrogen-bond donors (Lipinski definition) is 1. The number of nitrogens with zero attached hydrogens (tertiary/aromatic N) is 7. The van der Waals surface area contributed by atoms with E-state index in [2.05, 4.69) is 24.9 Å². The minimum Gasteiger partial charge on any atom is -0.382 e. The predicted octanol–water partition coefficient (Wildman–Crippen LogP) is 2.14. The van der Waals surface area contributed by atoms with Crippen molar-refractivity contribution >= 4 is 22.6 Å². The molecular weight excluding hydrogens is 304 g/mol. The lowest BCUT2D eigenvalue weighted by Crippen LogP contribution is -2.06. The molecule has 0 spiro atoms. The molecule has 4 heterocycles. The average molecular weight is 324 g/mol. The molecule has 0 aliphatic carbocycles. The molecule has 0 aromatic carbocycles. The number of nitrogens with two attached hydrogens (primary N) is 1. The summed E-state index contributed by atoms with van der Waals surface area (Å²) >= 11 is 0. The Labute approximate surface area is 139 Å². The van der Waals surface area contributed by atoms with Gasteiger partial charge in [-0.05, 0) is 13.8 Å². The second-order valence-electron chi connectivity index (χ2n) is 5.25. The summed E-state index contributed by atoms with van der Waals surface area (Å²) in [5.74, 6) is 0.408. The third-order valence-corrected chi connectivity index (χ3v) is 3.51. The number of rotatable bonds is 2. The second kappa shape index (κ2) is 6.23. The first-order chi connectivity index (χ1) is 11.6. The van der Waals surface area contributed by atoms with Crippen molar-refractivity contribution in [1.82, 2.24) is 33.9 Å². The fourth-order valence-electron chi connectivity index (χ4n) is 2.64. The largest absolute Gasteiger partial charge is 0.382 e. The molecule has 124 valence electrons. The first-order valence-electron chi connectivity index (χ1n) is 7.85. The van der Waals surface area contributed by atoms with Crippen molar-refractivity contribution in [2.24, 2.45) is 0 Å². The van der Waals surface area contributed by atoms with Gasteiger partial charge < -0.3 is 14.7 Å². The van der Waals surface area contributed by atoms with Gasteiger partial charge in [-0.25, -0.2) is 19.9 Å². The summed E-state index contributed by atoms with van der Waals surface area (Å²) in [4.78, 5) is 21.6. The van der Waals surface area contributed by atoms with E-state index in [0.29, 0.717) is 23.5 Å². The quantitative estimate of drug-likeness (QED) is 0.606. The van der Waals surface area contributed by atoms with Crippen LogP contribution in [0.5, 0.6) is 0 Å². The zero-order valence-electron chi connectivity index (χ0n) is 14.2. The van der Waals surface area contributed by atoms with Crippen LogP contribution in [0.3, 0.4) is 0 Å². The Hall–Kier alpha value is -3.03. The molecule has 0 amide bonds. The van der Waals surface area contributed by atoms with Gasteiger partial charge in [0, 0.05) is 12.4 Å². The summed E-state index contributed by atoms with van der Waals surface area (Å²) in [6.45, 7) is 8.43. The summed E-state index contributed by atoms with van der Waals surface area (Å²) in [5, 5.41) is 0. The third-order valence-electron chi connectivity index (χ3n) is 3.51. The smallest absolute Gasteiger partial charge is 0.182 e. The van der Waals surface area contributed by atoms with Crippen LogP contribution in [0.4, 0.5) is 5.82 Å². The van der Waals surface area contributed by atoms with Crippen LogP contribution in [0.2, 0.25) is 0 Å². The number of anilines is 1. The number of aromatic nitrogens is 7. The average Bonchev–Trinajstić information content (AvgIpc) is 3.13. The standard InChI is InChI=1S/C14H14N8.C2H6/c1-8-3-21-4-9(2)20-14(21)10(19-8)5-22-7-18-13-11(22)12(15)16-6-17-13;1-2/h3-4,6-7H,5H2,1-2H3,(H2,15,16,17);1-2H3. The maximum atomic E-state index is 5.95. The van der Waals surface area contributed by atoms with Crippen molar-refractivity contribution in [3.63, 3.8) is 0 Å². The van der Waals surface area contributed by atoms with Crippen molar-refractivity contribution < 1.29 is 0 Å². The van der Waals surface area contributed by atoms with Crippen molar-refractivity contribution in [1.29, 1.82) is 0 Å². The van der Waals surface area contributed by atoms with Gasteiger partial charge in [0.05, 0.1) is 24.3 Å². The van der Waals surface area contributed by atoms with Crippen LogP contribution in [-0.4, -0.2) is 33.9 Å². The van der Waals surface area contributed by atoms with E-state index in [4.69, 9.17) is 5.73 Å². The fourth-order valence-corrected chi connectivity index (χ4v) is 2.64. The molecule has 0 bridgehead atoms. The summed E-state index contributed by atoms with van der Waals surface area (Å²) in [6.07, 6.45) is 7.06. The molecule has 0 unspecified atom stereocenters. The van der Waals surface area contributed by atoms with Crippen LogP contribution < -0.4 is 5.73 Å². The summed E-state index contributed by atoms with van der Waals surface area (Å²) in [5.41, 5.74) is 10.8. The van der Waals surface area contributed by atoms with Crippen LogP contribution in [0.25, 0.3) is 16.8 Å². The fraction of sp³-hybridized carbons (Fsp3) is 0.312. The molecule has 4 aromatic rings. The van der Waals surface area contributed by atoms with Gasteiger partial charge in [-0.2, -0.15) is 0 Å². The lowest BCUT2D eigenvalue weighted by Gasteiger charge is -2.07. The Balaban J connectivity index is 0.000000815. The molecule has 0 aliphatic heterocycles. The molecule has 2 N–H and O–H groups in total. The topological polar surface area (TPSA) is 99.8 Å². The molecule has 24 heavy (non-hydrogen) atoms. The molecule has 0 fully saturated rings. The number of aryl methyl sites for hydroxylation is 2. The second-order valence-corrected chi connectivity index (χ2v) is 5.25. The molecule has 8 heteroatoms. The highest BCUT2D eigenvalue weighted by Crippen LogP contribution is 2.18. The molecular formula is C16H20N8. The van der Waals surface area contributed by atoms with Crippen LogP contribution in [-0.2, 0) is 6.54 Å². The molecule has 0 saturated heterocycles. The Morgan fingerprint density at radius 3 is 2.46 bits per heavy atom. The first kappa shape index (κ1) is 15.9. The van der Waals surface area contributed by atoms with Crippen molar-refractivity contribution in [2.75, 3.05) is 5.73 Å². The van der Waals surface area contributed by atoms with E-state index < -0.39 is 0 Å². The summed E-state index contributed by atoms with van der Waals surface area (Å²) < 4.78 is 3.89. The van der Waals surface area contributed by atoms with Crippen LogP contribution in [0, 0.1) is 13.8 Å². The Kier molecular flexibility index (Phi) is 4.11. The molecule has 0 saturated carbocycles. The Bertz CT molecular complexity index is 998. The van der Waals surface area contributed by atoms with Gasteiger partial charge in [-0.15, -0.1) is 0 Å². The zero-order chi connectivity index (χ0) is 17.3. The van der Waals surface area contributed by atoms with Gasteiger partial charge in [0.15, 0.2) is 17.1 Å². The highest BCUT2D eigenvalue weighted by molar-refractivity contribution is 5.81. The number of fused-ring (bicyclic) bond motifs is 2. The third kappa shape index (κ3) is 2.66. The summed E-state index contributed by atoms with van der Waals surface area (Å²) in [6, 6.07) is 0. The van der Waals surface area contributed by atoms with Crippen LogP contribution >= 0.6 is 0 Å². The van der Waals surface area contributed by atoms with Crippen molar-refractivity contribution in [3.8, 4) is 0 Å². The normalized spacial score (nSPS) is 10.8. The van der Waals surface area contributed by atoms with Gasteiger partial charge in [-0.3, -0.25) is 4.98 Å². The van der Waals surface area contributed by atoms with E-state index in [1.54, 1.807) is 6.33 Å². The maximum absolute atomic E-state index is 5.95. The number of imidazole rings is 2. The van der Waals surface area contributed by atoms with E-state index in [-0.39, 0.29) is 0 Å². The van der Waals surface area contributed by atoms with Crippen molar-refractivity contribution in [3.05, 3.63) is 42.1 Å². The first-order valence-corrected chi connectivity index (χ1v) is 7.85. The lowest BCUT2D eigenvalue weighted by atomic mass is 10.3. The minimum absolute atomic E-state index is 0.408. The van der Waals surface area contributed by atoms with Crippen LogP contribution in [0.15, 0.2) is 25.0 Å². The molecule has 0 aliphatic rings. The SMILES string of the molecule is CC.Cc1cn2cc(C)nc2c(Cn2cnc3ncnc(N)c32)n1. The van der Waals surface area contributed by atoms with E-state index in [1.165, 1.54) is 6.33 Å². The van der Waals surface area contributed by atoms with Gasteiger partial charge in [0.2, 0.25) is 0 Å². The highest BCUT2D eigenvalue weighted by Gasteiger charge is 2.13. The van der Waals surface area contributed by atoms with E-state index in [0.717, 1.165) is 22.7 Å². The van der Waals surface area contributed by atoms with Gasteiger partial charge in [0.25, 0.3) is 0 Å². The molecule has 0 radical (unpaired) electrons. The molecule has 4 rings (SSSR count). The van der Waals surface area contributed by atoms with E-state index in [9.17, 15) is 0 Å². The minimum atomic E-state index is 0.408. The predicted molar refractivity (Wildman–Crippen MR) is 92.6 cm³/mol.